The van der Waals surface area contributed by atoms with Crippen molar-refractivity contribution in [3.63, 3.8) is 0 Å². The standard InChI is InChI=1S/C19H23F3N2O2S/c1-12(26-14-7-5-6-13(10-14)19(20,21)22)17(25)23-9-8-16-24-15(11-27-16)18(2,3)4/h5-7,10-12H,8-9H2,1-4H3,(H,23,25)/t12-/m0/s1. The molecule has 0 radical (unpaired) electrons. The maximum absolute atomic E-state index is 12.7. The Hall–Kier alpha value is -2.09. The smallest absolute Gasteiger partial charge is 0.416 e. The fourth-order valence-corrected chi connectivity index (χ4v) is 3.23. The average Bonchev–Trinajstić information content (AvgIpc) is 3.03. The Balaban J connectivity index is 1.85. The highest BCUT2D eigenvalue weighted by Gasteiger charge is 2.30. The predicted molar refractivity (Wildman–Crippen MR) is 99.1 cm³/mol. The van der Waals surface area contributed by atoms with E-state index >= 15 is 0 Å². The number of carbonyl (C=O) groups is 1. The molecule has 1 N–H and O–H groups in total. The minimum absolute atomic E-state index is 0.00205. The molecule has 2 rings (SSSR count). The number of thiazole rings is 1. The molecule has 1 heterocycles. The van der Waals surface area contributed by atoms with E-state index in [0.717, 1.165) is 22.8 Å². The van der Waals surface area contributed by atoms with Crippen LogP contribution in [0.1, 0.15) is 44.0 Å². The van der Waals surface area contributed by atoms with Gasteiger partial charge in [-0.1, -0.05) is 26.8 Å². The molecule has 1 amide bonds. The SMILES string of the molecule is C[C@H](Oc1cccc(C(F)(F)F)c1)C(=O)NCCc1nc(C(C)(C)C)cs1. The van der Waals surface area contributed by atoms with Crippen molar-refractivity contribution in [1.82, 2.24) is 10.3 Å². The number of amides is 1. The summed E-state index contributed by atoms with van der Waals surface area (Å²) < 4.78 is 43.5. The average molecular weight is 400 g/mol. The van der Waals surface area contributed by atoms with Gasteiger partial charge in [0.05, 0.1) is 16.3 Å². The summed E-state index contributed by atoms with van der Waals surface area (Å²) in [4.78, 5) is 16.7. The Morgan fingerprint density at radius 3 is 2.59 bits per heavy atom. The highest BCUT2D eigenvalue weighted by atomic mass is 32.1. The second kappa shape index (κ2) is 8.29. The van der Waals surface area contributed by atoms with Crippen molar-refractivity contribution in [1.29, 1.82) is 0 Å². The first-order valence-electron chi connectivity index (χ1n) is 8.53. The van der Waals surface area contributed by atoms with Crippen molar-refractivity contribution in [3.8, 4) is 5.75 Å². The number of hydrogen-bond acceptors (Lipinski definition) is 4. The Morgan fingerprint density at radius 1 is 1.30 bits per heavy atom. The lowest BCUT2D eigenvalue weighted by Gasteiger charge is -2.16. The van der Waals surface area contributed by atoms with Gasteiger partial charge in [0.25, 0.3) is 5.91 Å². The summed E-state index contributed by atoms with van der Waals surface area (Å²) in [6.07, 6.45) is -4.78. The van der Waals surface area contributed by atoms with Crippen LogP contribution >= 0.6 is 11.3 Å². The zero-order chi connectivity index (χ0) is 20.2. The number of carbonyl (C=O) groups excluding carboxylic acids is 1. The molecule has 4 nitrogen and oxygen atoms in total. The second-order valence-electron chi connectivity index (χ2n) is 7.20. The summed E-state index contributed by atoms with van der Waals surface area (Å²) in [7, 11) is 0. The van der Waals surface area contributed by atoms with Gasteiger partial charge in [-0.3, -0.25) is 4.79 Å². The van der Waals surface area contributed by atoms with Crippen LogP contribution in [-0.4, -0.2) is 23.5 Å². The number of rotatable bonds is 6. The Labute approximate surface area is 160 Å². The van der Waals surface area contributed by atoms with Crippen molar-refractivity contribution in [2.45, 2.75) is 51.8 Å². The minimum Gasteiger partial charge on any atom is -0.481 e. The normalized spacial score (nSPS) is 13.3. The minimum atomic E-state index is -4.45. The van der Waals surface area contributed by atoms with Crippen LogP contribution in [0, 0.1) is 0 Å². The molecule has 0 fully saturated rings. The van der Waals surface area contributed by atoms with Gasteiger partial charge in [-0.25, -0.2) is 4.98 Å². The molecule has 148 valence electrons. The van der Waals surface area contributed by atoms with Crippen LogP contribution in [0.25, 0.3) is 0 Å². The predicted octanol–water partition coefficient (Wildman–Crippen LogP) is 4.59. The lowest BCUT2D eigenvalue weighted by atomic mass is 9.93. The zero-order valence-corrected chi connectivity index (χ0v) is 16.5. The molecule has 8 heteroatoms. The van der Waals surface area contributed by atoms with Crippen molar-refractivity contribution in [2.75, 3.05) is 6.54 Å². The lowest BCUT2D eigenvalue weighted by molar-refractivity contribution is -0.137. The summed E-state index contributed by atoms with van der Waals surface area (Å²) in [5, 5.41) is 5.66. The zero-order valence-electron chi connectivity index (χ0n) is 15.7. The Morgan fingerprint density at radius 2 is 2.00 bits per heavy atom. The fourth-order valence-electron chi connectivity index (χ4n) is 2.21. The van der Waals surface area contributed by atoms with Crippen molar-refractivity contribution >= 4 is 17.2 Å². The van der Waals surface area contributed by atoms with Crippen LogP contribution in [0.15, 0.2) is 29.6 Å². The van der Waals surface area contributed by atoms with E-state index in [-0.39, 0.29) is 17.1 Å². The fraction of sp³-hybridized carbons (Fsp3) is 0.474. The summed E-state index contributed by atoms with van der Waals surface area (Å²) >= 11 is 1.54. The highest BCUT2D eigenvalue weighted by molar-refractivity contribution is 7.09. The van der Waals surface area contributed by atoms with E-state index in [4.69, 9.17) is 4.74 Å². The molecule has 0 aliphatic carbocycles. The second-order valence-corrected chi connectivity index (χ2v) is 8.15. The number of aromatic nitrogens is 1. The molecule has 0 aliphatic rings. The van der Waals surface area contributed by atoms with Crippen LogP contribution in [-0.2, 0) is 22.8 Å². The molecule has 0 saturated heterocycles. The van der Waals surface area contributed by atoms with Crippen LogP contribution in [0.2, 0.25) is 0 Å². The van der Waals surface area contributed by atoms with Gasteiger partial charge in [0.2, 0.25) is 0 Å². The molecule has 0 aliphatic heterocycles. The maximum atomic E-state index is 12.7. The summed E-state index contributed by atoms with van der Waals surface area (Å²) in [6.45, 7) is 8.13. The maximum Gasteiger partial charge on any atom is 0.416 e. The molecule has 0 saturated carbocycles. The Bertz CT molecular complexity index is 782. The molecule has 0 bridgehead atoms. The van der Waals surface area contributed by atoms with Gasteiger partial charge in [0.15, 0.2) is 6.10 Å². The molecule has 27 heavy (non-hydrogen) atoms. The van der Waals surface area contributed by atoms with E-state index in [1.807, 2.05) is 5.38 Å². The van der Waals surface area contributed by atoms with Crippen LogP contribution in [0.5, 0.6) is 5.75 Å². The van der Waals surface area contributed by atoms with Gasteiger partial charge in [-0.2, -0.15) is 13.2 Å². The van der Waals surface area contributed by atoms with E-state index in [1.54, 1.807) is 11.3 Å². The number of halogens is 3. The third-order valence-corrected chi connectivity index (χ3v) is 4.71. The van der Waals surface area contributed by atoms with Crippen molar-refractivity contribution in [3.05, 3.63) is 45.9 Å². The van der Waals surface area contributed by atoms with Crippen LogP contribution < -0.4 is 10.1 Å². The van der Waals surface area contributed by atoms with Gasteiger partial charge >= 0.3 is 6.18 Å². The third kappa shape index (κ3) is 6.23. The third-order valence-electron chi connectivity index (χ3n) is 3.80. The van der Waals surface area contributed by atoms with Crippen LogP contribution in [0.4, 0.5) is 13.2 Å². The number of alkyl halides is 3. The molecular weight excluding hydrogens is 377 g/mol. The number of hydrogen-bond donors (Lipinski definition) is 1. The van der Waals surface area contributed by atoms with Crippen LogP contribution in [0.3, 0.4) is 0 Å². The number of benzene rings is 1. The van der Waals surface area contributed by atoms with E-state index in [9.17, 15) is 18.0 Å². The molecule has 0 unspecified atom stereocenters. The first kappa shape index (κ1) is 21.2. The topological polar surface area (TPSA) is 51.2 Å². The van der Waals surface area contributed by atoms with E-state index < -0.39 is 17.8 Å². The number of nitrogens with zero attached hydrogens (tertiary/aromatic N) is 1. The molecule has 1 aromatic carbocycles. The molecule has 1 aromatic heterocycles. The quantitative estimate of drug-likeness (QED) is 0.772. The van der Waals surface area contributed by atoms with Crippen molar-refractivity contribution in [2.24, 2.45) is 0 Å². The first-order chi connectivity index (χ1) is 12.5. The Kier molecular flexibility index (Phi) is 6.51. The molecular formula is C19H23F3N2O2S. The summed E-state index contributed by atoms with van der Waals surface area (Å²) in [5.41, 5.74) is 0.173. The number of nitrogens with one attached hydrogen (secondary N) is 1. The largest absolute Gasteiger partial charge is 0.481 e. The van der Waals surface area contributed by atoms with Gasteiger partial charge in [-0.15, -0.1) is 11.3 Å². The summed E-state index contributed by atoms with van der Waals surface area (Å²) in [6, 6.07) is 4.48. The lowest BCUT2D eigenvalue weighted by Crippen LogP contribution is -2.37. The van der Waals surface area contributed by atoms with E-state index in [0.29, 0.717) is 13.0 Å². The number of ether oxygens (including phenoxy) is 1. The van der Waals surface area contributed by atoms with Gasteiger partial charge in [-0.05, 0) is 25.1 Å². The van der Waals surface area contributed by atoms with Gasteiger partial charge in [0, 0.05) is 23.8 Å². The molecule has 1 atom stereocenters. The first-order valence-corrected chi connectivity index (χ1v) is 9.41. The molecule has 0 spiro atoms. The monoisotopic (exact) mass is 400 g/mol. The van der Waals surface area contributed by atoms with Crippen molar-refractivity contribution < 1.29 is 22.7 Å². The van der Waals surface area contributed by atoms with E-state index in [2.05, 4.69) is 31.1 Å². The summed E-state index contributed by atoms with van der Waals surface area (Å²) in [5.74, 6) is -0.387. The van der Waals surface area contributed by atoms with Gasteiger partial charge < -0.3 is 10.1 Å². The van der Waals surface area contributed by atoms with E-state index in [1.165, 1.54) is 19.1 Å². The van der Waals surface area contributed by atoms with Gasteiger partial charge in [0.1, 0.15) is 5.75 Å². The molecule has 2 aromatic rings. The highest BCUT2D eigenvalue weighted by Crippen LogP contribution is 2.31.